The molecule has 0 aliphatic carbocycles. The highest BCUT2D eigenvalue weighted by Gasteiger charge is 2.27. The smallest absolute Gasteiger partial charge is 0.240 e. The van der Waals surface area contributed by atoms with Crippen molar-refractivity contribution in [3.63, 3.8) is 0 Å². The van der Waals surface area contributed by atoms with Gasteiger partial charge in [0.25, 0.3) is 0 Å². The van der Waals surface area contributed by atoms with E-state index in [2.05, 4.69) is 21.2 Å². The Hall–Kier alpha value is -2.80. The van der Waals surface area contributed by atoms with Gasteiger partial charge in [-0.1, -0.05) is 47.7 Å². The van der Waals surface area contributed by atoms with E-state index in [0.717, 1.165) is 30.8 Å². The van der Waals surface area contributed by atoms with Crippen LogP contribution in [0.1, 0.15) is 30.3 Å². The summed E-state index contributed by atoms with van der Waals surface area (Å²) in [4.78, 5) is 19.4. The molecule has 1 aliphatic rings. The number of thioether (sulfide) groups is 1. The van der Waals surface area contributed by atoms with Crippen molar-refractivity contribution in [2.75, 3.05) is 11.4 Å². The number of nitrogens with one attached hydrogen (secondary N) is 1. The maximum Gasteiger partial charge on any atom is 0.240 e. The molecule has 2 aromatic carbocycles. The minimum absolute atomic E-state index is 0.0874. The number of H-pyrrole nitrogens is 1. The second-order valence-corrected chi connectivity index (χ2v) is 8.46. The Morgan fingerprint density at radius 1 is 1.24 bits per heavy atom. The number of carbonyl (C=O) groups is 1. The normalized spacial score (nSPS) is 14.3. The molecule has 1 aromatic heterocycles. The molecule has 3 aromatic rings. The first-order valence-electron chi connectivity index (χ1n) is 9.77. The molecule has 0 saturated carbocycles. The van der Waals surface area contributed by atoms with Gasteiger partial charge < -0.3 is 9.64 Å². The van der Waals surface area contributed by atoms with E-state index in [9.17, 15) is 4.79 Å². The lowest BCUT2D eigenvalue weighted by atomic mass is 10.0. The summed E-state index contributed by atoms with van der Waals surface area (Å²) in [6.07, 6.45) is 2.01. The van der Waals surface area contributed by atoms with Gasteiger partial charge in [0.05, 0.1) is 5.25 Å². The Bertz CT molecular complexity index is 986. The molecule has 7 heteroatoms. The van der Waals surface area contributed by atoms with Crippen LogP contribution in [0.4, 0.5) is 5.69 Å². The zero-order valence-electron chi connectivity index (χ0n) is 16.6. The quantitative estimate of drug-likeness (QED) is 0.621. The summed E-state index contributed by atoms with van der Waals surface area (Å²) in [6, 6.07) is 16.0. The second-order valence-electron chi connectivity index (χ2n) is 7.15. The van der Waals surface area contributed by atoms with Crippen molar-refractivity contribution in [2.45, 2.75) is 43.7 Å². The van der Waals surface area contributed by atoms with E-state index in [4.69, 9.17) is 4.74 Å². The largest absolute Gasteiger partial charge is 0.486 e. The third-order valence-electron chi connectivity index (χ3n) is 4.91. The van der Waals surface area contributed by atoms with Crippen molar-refractivity contribution in [1.82, 2.24) is 15.2 Å². The van der Waals surface area contributed by atoms with Gasteiger partial charge in [-0.15, -0.1) is 5.10 Å². The van der Waals surface area contributed by atoms with Crippen LogP contribution in [0.15, 0.2) is 53.7 Å². The number of hydrogen-bond donors (Lipinski definition) is 1. The number of nitrogens with zero attached hydrogens (tertiary/aromatic N) is 3. The molecule has 0 bridgehead atoms. The number of aryl methyl sites for hydroxylation is 2. The summed E-state index contributed by atoms with van der Waals surface area (Å²) in [7, 11) is 0. The first-order valence-corrected chi connectivity index (χ1v) is 10.6. The molecular weight excluding hydrogens is 384 g/mol. The highest BCUT2D eigenvalue weighted by Crippen LogP contribution is 2.30. The van der Waals surface area contributed by atoms with Crippen LogP contribution in [-0.4, -0.2) is 32.9 Å². The van der Waals surface area contributed by atoms with E-state index < -0.39 is 0 Å². The highest BCUT2D eigenvalue weighted by atomic mass is 32.2. The van der Waals surface area contributed by atoms with E-state index in [0.29, 0.717) is 17.6 Å². The summed E-state index contributed by atoms with van der Waals surface area (Å²) in [5, 5.41) is 7.40. The molecule has 29 heavy (non-hydrogen) atoms. The fourth-order valence-corrected chi connectivity index (χ4v) is 4.18. The number of carbonyl (C=O) groups excluding carboxylic acids is 1. The monoisotopic (exact) mass is 408 g/mol. The van der Waals surface area contributed by atoms with Gasteiger partial charge in [-0.25, -0.2) is 4.98 Å². The number of ether oxygens (including phenoxy) is 1. The van der Waals surface area contributed by atoms with E-state index in [1.165, 1.54) is 22.9 Å². The van der Waals surface area contributed by atoms with Gasteiger partial charge in [0, 0.05) is 12.2 Å². The minimum atomic E-state index is -0.275. The molecule has 2 heterocycles. The van der Waals surface area contributed by atoms with E-state index in [1.54, 1.807) is 0 Å². The van der Waals surface area contributed by atoms with Crippen molar-refractivity contribution < 1.29 is 9.53 Å². The predicted octanol–water partition coefficient (Wildman–Crippen LogP) is 4.15. The molecule has 150 valence electrons. The Morgan fingerprint density at radius 3 is 2.86 bits per heavy atom. The van der Waals surface area contributed by atoms with E-state index >= 15 is 0 Å². The van der Waals surface area contributed by atoms with Crippen molar-refractivity contribution in [2.24, 2.45) is 0 Å². The average Bonchev–Trinajstić information content (AvgIpc) is 3.19. The molecule has 0 saturated heterocycles. The van der Waals surface area contributed by atoms with Crippen LogP contribution in [0.5, 0.6) is 5.75 Å². The van der Waals surface area contributed by atoms with Crippen LogP contribution in [0.3, 0.4) is 0 Å². The number of hydrogen-bond acceptors (Lipinski definition) is 5. The number of para-hydroxylation sites is 1. The second kappa shape index (κ2) is 8.69. The van der Waals surface area contributed by atoms with Crippen molar-refractivity contribution in [3.05, 3.63) is 65.5 Å². The number of fused-ring (bicyclic) bond motifs is 1. The Labute approximate surface area is 174 Å². The zero-order valence-corrected chi connectivity index (χ0v) is 17.4. The molecular formula is C22H24N4O2S. The Balaban J connectivity index is 1.36. The van der Waals surface area contributed by atoms with Crippen molar-refractivity contribution >= 4 is 23.4 Å². The van der Waals surface area contributed by atoms with Gasteiger partial charge in [-0.2, -0.15) is 0 Å². The van der Waals surface area contributed by atoms with Gasteiger partial charge in [0.1, 0.15) is 12.4 Å². The number of aromatic amines is 1. The molecule has 6 nitrogen and oxygen atoms in total. The lowest BCUT2D eigenvalue weighted by molar-refractivity contribution is -0.117. The van der Waals surface area contributed by atoms with Gasteiger partial charge >= 0.3 is 0 Å². The molecule has 1 aliphatic heterocycles. The lowest BCUT2D eigenvalue weighted by Crippen LogP contribution is -2.40. The van der Waals surface area contributed by atoms with Gasteiger partial charge in [-0.05, 0) is 50.5 Å². The van der Waals surface area contributed by atoms with Crippen LogP contribution in [0.25, 0.3) is 0 Å². The van der Waals surface area contributed by atoms with E-state index in [-0.39, 0.29) is 11.2 Å². The van der Waals surface area contributed by atoms with Gasteiger partial charge in [0.15, 0.2) is 5.82 Å². The zero-order chi connectivity index (χ0) is 20.2. The lowest BCUT2D eigenvalue weighted by Gasteiger charge is -2.31. The van der Waals surface area contributed by atoms with Gasteiger partial charge in [-0.3, -0.25) is 9.89 Å². The van der Waals surface area contributed by atoms with Crippen LogP contribution in [0, 0.1) is 6.92 Å². The molecule has 1 N–H and O–H groups in total. The minimum Gasteiger partial charge on any atom is -0.486 e. The molecule has 0 fully saturated rings. The van der Waals surface area contributed by atoms with Gasteiger partial charge in [0.2, 0.25) is 11.1 Å². The number of aromatic nitrogens is 3. The molecule has 0 spiro atoms. The van der Waals surface area contributed by atoms with Crippen molar-refractivity contribution in [3.8, 4) is 5.75 Å². The predicted molar refractivity (Wildman–Crippen MR) is 114 cm³/mol. The first kappa shape index (κ1) is 19.5. The summed E-state index contributed by atoms with van der Waals surface area (Å²) in [6.45, 7) is 5.00. The topological polar surface area (TPSA) is 71.1 Å². The molecule has 1 amide bonds. The SMILES string of the molecule is Cc1ccc(OCc2nc(SC(C)C(=O)N3CCCc4ccccc43)n[nH]2)cc1. The third kappa shape index (κ3) is 4.62. The van der Waals surface area contributed by atoms with Crippen LogP contribution >= 0.6 is 11.8 Å². The summed E-state index contributed by atoms with van der Waals surface area (Å²) < 4.78 is 5.73. The Morgan fingerprint density at radius 2 is 2.03 bits per heavy atom. The fourth-order valence-electron chi connectivity index (χ4n) is 3.37. The van der Waals surface area contributed by atoms with Crippen LogP contribution in [0.2, 0.25) is 0 Å². The first-order chi connectivity index (χ1) is 14.1. The van der Waals surface area contributed by atoms with Crippen molar-refractivity contribution in [1.29, 1.82) is 0 Å². The standard InChI is InChI=1S/C22H24N4O2S/c1-15-9-11-18(12-10-15)28-14-20-23-22(25-24-20)29-16(2)21(27)26-13-5-7-17-6-3-4-8-19(17)26/h3-4,6,8-12,16H,5,7,13-14H2,1-2H3,(H,23,24,25). The fraction of sp³-hybridized carbons (Fsp3) is 0.318. The Kier molecular flexibility index (Phi) is 5.85. The number of benzene rings is 2. The third-order valence-corrected chi connectivity index (χ3v) is 5.86. The summed E-state index contributed by atoms with van der Waals surface area (Å²) in [5.41, 5.74) is 3.45. The molecule has 0 radical (unpaired) electrons. The van der Waals surface area contributed by atoms with Crippen LogP contribution in [-0.2, 0) is 17.8 Å². The summed E-state index contributed by atoms with van der Waals surface area (Å²) >= 11 is 1.36. The number of anilines is 1. The number of rotatable bonds is 6. The maximum atomic E-state index is 13.0. The molecule has 1 atom stereocenters. The van der Waals surface area contributed by atoms with Crippen LogP contribution < -0.4 is 9.64 Å². The maximum absolute atomic E-state index is 13.0. The molecule has 4 rings (SSSR count). The molecule has 1 unspecified atom stereocenters. The van der Waals surface area contributed by atoms with E-state index in [1.807, 2.05) is 61.2 Å². The number of amides is 1. The highest BCUT2D eigenvalue weighted by molar-refractivity contribution is 8.00. The summed E-state index contributed by atoms with van der Waals surface area (Å²) in [5.74, 6) is 1.51. The average molecular weight is 409 g/mol.